The van der Waals surface area contributed by atoms with E-state index in [1.807, 2.05) is 111 Å². The highest BCUT2D eigenvalue weighted by Gasteiger charge is 2.34. The molecule has 0 amide bonds. The van der Waals surface area contributed by atoms with Crippen molar-refractivity contribution in [1.82, 2.24) is 9.97 Å². The predicted molar refractivity (Wildman–Crippen MR) is 270 cm³/mol. The van der Waals surface area contributed by atoms with Crippen molar-refractivity contribution in [3.05, 3.63) is 241 Å². The Hall–Kier alpha value is -8.62. The average Bonchev–Trinajstić information content (AvgIpc) is 3.58. The van der Waals surface area contributed by atoms with Crippen LogP contribution in [0, 0.1) is 23.3 Å². The van der Waals surface area contributed by atoms with Crippen molar-refractivity contribution in [3.8, 4) is 67.0 Å². The van der Waals surface area contributed by atoms with E-state index in [0.717, 1.165) is 79.4 Å². The molecule has 0 bridgehead atoms. The zero-order valence-corrected chi connectivity index (χ0v) is 37.4. The van der Waals surface area contributed by atoms with Gasteiger partial charge in [0.15, 0.2) is 0 Å². The number of rotatable bonds is 6. The molecule has 0 saturated heterocycles. The summed E-state index contributed by atoms with van der Waals surface area (Å²) in [4.78, 5) is 14.8. The minimum atomic E-state index is -1.09. The molecule has 0 N–H and O–H groups in total. The summed E-state index contributed by atoms with van der Waals surface area (Å²) in [7, 11) is 0. The number of para-hydroxylation sites is 4. The number of halogens is 4. The number of hydrogen-bond acceptors (Lipinski definition) is 4. The topological polar surface area (TPSA) is 32.3 Å². The lowest BCUT2D eigenvalue weighted by Crippen LogP contribution is -2.24. The van der Waals surface area contributed by atoms with Gasteiger partial charge in [0.1, 0.15) is 23.3 Å². The fraction of sp³-hybridized carbons (Fsp3) is 0.0492. The molecule has 0 saturated carbocycles. The molecule has 4 heterocycles. The van der Waals surface area contributed by atoms with Crippen LogP contribution in [0.5, 0.6) is 0 Å². The lowest BCUT2D eigenvalue weighted by atomic mass is 9.83. The highest BCUT2D eigenvalue weighted by atomic mass is 19.1. The van der Waals surface area contributed by atoms with Crippen molar-refractivity contribution in [1.29, 1.82) is 0 Å². The minimum Gasteiger partial charge on any atom is -0.309 e. The molecule has 2 aromatic heterocycles. The molecule has 332 valence electrons. The van der Waals surface area contributed by atoms with E-state index >= 15 is 8.78 Å². The van der Waals surface area contributed by atoms with Gasteiger partial charge >= 0.3 is 0 Å². The number of anilines is 6. The van der Waals surface area contributed by atoms with Gasteiger partial charge in [0.25, 0.3) is 0 Å². The third kappa shape index (κ3) is 6.98. The smallest absolute Gasteiger partial charge is 0.135 e. The van der Waals surface area contributed by atoms with Crippen LogP contribution in [0.1, 0.15) is 25.2 Å². The quantitative estimate of drug-likeness (QED) is 0.156. The van der Waals surface area contributed by atoms with Crippen LogP contribution in [0.3, 0.4) is 0 Å². The van der Waals surface area contributed by atoms with Crippen molar-refractivity contribution >= 4 is 34.1 Å². The Morgan fingerprint density at radius 2 is 0.609 bits per heavy atom. The Morgan fingerprint density at radius 3 is 0.913 bits per heavy atom. The van der Waals surface area contributed by atoms with Crippen LogP contribution >= 0.6 is 0 Å². The number of aromatic nitrogens is 2. The third-order valence-corrected chi connectivity index (χ3v) is 13.4. The summed E-state index contributed by atoms with van der Waals surface area (Å²) in [5.41, 5.74) is 13.9. The molecule has 4 nitrogen and oxygen atoms in total. The molecule has 2 aliphatic heterocycles. The van der Waals surface area contributed by atoms with Crippen LogP contribution in [0.15, 0.2) is 206 Å². The molecule has 0 aliphatic carbocycles. The van der Waals surface area contributed by atoms with Crippen LogP contribution in [0.25, 0.3) is 67.0 Å². The summed E-state index contributed by atoms with van der Waals surface area (Å²) < 4.78 is 61.5. The fourth-order valence-electron chi connectivity index (χ4n) is 10.0. The van der Waals surface area contributed by atoms with Crippen LogP contribution < -0.4 is 9.80 Å². The van der Waals surface area contributed by atoms with E-state index in [2.05, 4.69) is 82.6 Å². The van der Waals surface area contributed by atoms with E-state index in [1.54, 1.807) is 0 Å². The number of fused-ring (bicyclic) bond motifs is 10. The molecule has 10 aromatic rings. The zero-order valence-electron chi connectivity index (χ0n) is 37.4. The van der Waals surface area contributed by atoms with Crippen molar-refractivity contribution in [3.63, 3.8) is 0 Å². The van der Waals surface area contributed by atoms with Crippen molar-refractivity contribution in [2.24, 2.45) is 0 Å². The number of pyridine rings is 2. The molecular formula is C61H40F4N4. The fourth-order valence-corrected chi connectivity index (χ4v) is 10.0. The van der Waals surface area contributed by atoms with Gasteiger partial charge in [0, 0.05) is 50.9 Å². The zero-order chi connectivity index (χ0) is 47.0. The highest BCUT2D eigenvalue weighted by Crippen LogP contribution is 2.54. The molecule has 8 aromatic carbocycles. The summed E-state index contributed by atoms with van der Waals surface area (Å²) in [6, 6.07) is 64.0. The average molecular weight is 905 g/mol. The van der Waals surface area contributed by atoms with Crippen molar-refractivity contribution < 1.29 is 17.6 Å². The van der Waals surface area contributed by atoms with E-state index in [0.29, 0.717) is 22.8 Å². The second-order valence-corrected chi connectivity index (χ2v) is 17.9. The van der Waals surface area contributed by atoms with E-state index in [4.69, 9.17) is 9.97 Å². The van der Waals surface area contributed by atoms with Crippen molar-refractivity contribution in [2.45, 2.75) is 19.3 Å². The molecule has 8 heteroatoms. The maximum Gasteiger partial charge on any atom is 0.135 e. The molecule has 2 aliphatic rings. The van der Waals surface area contributed by atoms with Crippen LogP contribution in [-0.2, 0) is 5.41 Å². The van der Waals surface area contributed by atoms with Gasteiger partial charge in [-0.1, -0.05) is 121 Å². The monoisotopic (exact) mass is 904 g/mol. The van der Waals surface area contributed by atoms with Gasteiger partial charge in [-0.3, -0.25) is 9.97 Å². The Bertz CT molecular complexity index is 3320. The third-order valence-electron chi connectivity index (χ3n) is 13.4. The molecule has 0 fully saturated rings. The SMILES string of the molecule is CC(C)(c1cc(N2c3ccccc3-c3ccccc3-c3ccccc32)cc(-c2ccc(F)cc2F)n1)c1cc(N2c3ccccc3-c3ccccc3-c3ccccc32)cc(-c2ccc(F)cc2F)n1. The molecule has 69 heavy (non-hydrogen) atoms. The van der Waals surface area contributed by atoms with Gasteiger partial charge in [0.2, 0.25) is 0 Å². The summed E-state index contributed by atoms with van der Waals surface area (Å²) >= 11 is 0. The van der Waals surface area contributed by atoms with Gasteiger partial charge < -0.3 is 9.80 Å². The second kappa shape index (κ2) is 16.3. The Kier molecular flexibility index (Phi) is 9.88. The lowest BCUT2D eigenvalue weighted by Gasteiger charge is -2.32. The first-order valence-electron chi connectivity index (χ1n) is 22.7. The second-order valence-electron chi connectivity index (χ2n) is 17.9. The van der Waals surface area contributed by atoms with E-state index < -0.39 is 28.7 Å². The minimum absolute atomic E-state index is 0.114. The molecule has 0 atom stereocenters. The van der Waals surface area contributed by atoms with Gasteiger partial charge in [-0.05, 0) is 109 Å². The van der Waals surface area contributed by atoms with Crippen LogP contribution in [0.4, 0.5) is 51.7 Å². The van der Waals surface area contributed by atoms with Crippen molar-refractivity contribution in [2.75, 3.05) is 9.80 Å². The number of nitrogens with zero attached hydrogens (tertiary/aromatic N) is 4. The van der Waals surface area contributed by atoms with E-state index in [9.17, 15) is 8.78 Å². The Morgan fingerprint density at radius 1 is 0.319 bits per heavy atom. The normalized spacial score (nSPS) is 12.4. The standard InChI is InChI=1S/C61H40F4N4/c1-61(2,59-35-39(33-53(66-59)49-29-27-37(62)31-51(49)64)68-55-23-11-7-19-45(55)41-15-3-4-16-42(41)46-20-8-12-24-56(46)68)60-36-40(34-54(67-60)50-30-28-38(63)32-52(50)65)69-57-25-13-9-21-47(57)43-17-5-6-18-44(43)48-22-10-14-26-58(48)69/h3-36H,1-2H3. The summed E-state index contributed by atoms with van der Waals surface area (Å²) in [6.07, 6.45) is 0. The predicted octanol–water partition coefficient (Wildman–Crippen LogP) is 16.9. The Balaban J connectivity index is 1.12. The summed E-state index contributed by atoms with van der Waals surface area (Å²) in [6.45, 7) is 3.97. The first-order valence-corrected chi connectivity index (χ1v) is 22.7. The number of hydrogen-bond donors (Lipinski definition) is 0. The first-order chi connectivity index (χ1) is 33.6. The maximum absolute atomic E-state index is 16.1. The summed E-state index contributed by atoms with van der Waals surface area (Å²) in [5.74, 6) is -2.94. The largest absolute Gasteiger partial charge is 0.309 e. The highest BCUT2D eigenvalue weighted by molar-refractivity contribution is 6.04. The molecule has 0 unspecified atom stereocenters. The van der Waals surface area contributed by atoms with Gasteiger partial charge in [0.05, 0.1) is 56.9 Å². The van der Waals surface area contributed by atoms with Gasteiger partial charge in [-0.2, -0.15) is 0 Å². The van der Waals surface area contributed by atoms with Gasteiger partial charge in [-0.15, -0.1) is 0 Å². The summed E-state index contributed by atoms with van der Waals surface area (Å²) in [5, 5.41) is 0. The number of benzene rings is 8. The van der Waals surface area contributed by atoms with Crippen LogP contribution in [0.2, 0.25) is 0 Å². The van der Waals surface area contributed by atoms with Gasteiger partial charge in [-0.25, -0.2) is 17.6 Å². The van der Waals surface area contributed by atoms with E-state index in [-0.39, 0.29) is 22.5 Å². The van der Waals surface area contributed by atoms with Crippen LogP contribution in [-0.4, -0.2) is 9.97 Å². The molecule has 0 radical (unpaired) electrons. The first kappa shape index (κ1) is 41.8. The lowest BCUT2D eigenvalue weighted by molar-refractivity contribution is 0.582. The Labute approximate surface area is 397 Å². The molecule has 0 spiro atoms. The molecular weight excluding hydrogens is 865 g/mol. The van der Waals surface area contributed by atoms with E-state index in [1.165, 1.54) is 24.3 Å². The maximum atomic E-state index is 16.1. The molecule has 12 rings (SSSR count).